The van der Waals surface area contributed by atoms with E-state index >= 15 is 0 Å². The Bertz CT molecular complexity index is 310. The van der Waals surface area contributed by atoms with E-state index in [1.807, 2.05) is 6.92 Å². The Kier molecular flexibility index (Phi) is 7.12. The van der Waals surface area contributed by atoms with Crippen molar-refractivity contribution in [1.29, 1.82) is 0 Å². The van der Waals surface area contributed by atoms with Crippen molar-refractivity contribution in [2.45, 2.75) is 20.8 Å². The zero-order chi connectivity index (χ0) is 12.6. The van der Waals surface area contributed by atoms with E-state index in [2.05, 4.69) is 29.5 Å². The number of guanidine groups is 1. The zero-order valence-electron chi connectivity index (χ0n) is 10.6. The molecule has 96 valence electrons. The summed E-state index contributed by atoms with van der Waals surface area (Å²) in [4.78, 5) is 4.33. The molecule has 0 aromatic carbocycles. The molecule has 0 spiro atoms. The van der Waals surface area contributed by atoms with Gasteiger partial charge in [-0.1, -0.05) is 13.8 Å². The second kappa shape index (κ2) is 7.49. The molecule has 0 aliphatic carbocycles. The first-order valence-electron chi connectivity index (χ1n) is 5.55. The summed E-state index contributed by atoms with van der Waals surface area (Å²) >= 11 is 0. The lowest BCUT2D eigenvalue weighted by atomic mass is 10.2. The molecule has 0 aromatic heterocycles. The minimum Gasteiger partial charge on any atom is -0.357 e. The molecule has 0 saturated heterocycles. The van der Waals surface area contributed by atoms with Gasteiger partial charge in [-0.15, -0.1) is 0 Å². The highest BCUT2D eigenvalue weighted by Gasteiger charge is 2.03. The van der Waals surface area contributed by atoms with E-state index in [-0.39, 0.29) is 5.75 Å². The number of rotatable bonds is 6. The fourth-order valence-corrected chi connectivity index (χ4v) is 1.44. The Morgan fingerprint density at radius 3 is 2.38 bits per heavy atom. The van der Waals surface area contributed by atoms with Crippen molar-refractivity contribution >= 4 is 15.8 Å². The van der Waals surface area contributed by atoms with Crippen LogP contribution in [0.4, 0.5) is 0 Å². The molecule has 0 fully saturated rings. The Morgan fingerprint density at radius 1 is 1.31 bits per heavy atom. The summed E-state index contributed by atoms with van der Waals surface area (Å²) in [5, 5.41) is 6.06. The Morgan fingerprint density at radius 2 is 1.94 bits per heavy atom. The van der Waals surface area contributed by atoms with E-state index in [0.29, 0.717) is 18.4 Å². The number of nitrogens with zero attached hydrogens (tertiary/aromatic N) is 1. The summed E-state index contributed by atoms with van der Waals surface area (Å²) < 4.78 is 21.9. The van der Waals surface area contributed by atoms with Gasteiger partial charge in [0.2, 0.25) is 0 Å². The lowest BCUT2D eigenvalue weighted by Gasteiger charge is -2.11. The number of nitrogens with one attached hydrogen (secondary N) is 2. The van der Waals surface area contributed by atoms with Gasteiger partial charge in [0, 0.05) is 25.9 Å². The van der Waals surface area contributed by atoms with E-state index in [0.717, 1.165) is 13.1 Å². The highest BCUT2D eigenvalue weighted by molar-refractivity contribution is 7.90. The van der Waals surface area contributed by atoms with E-state index in [4.69, 9.17) is 0 Å². The average Bonchev–Trinajstić information content (AvgIpc) is 2.12. The minimum absolute atomic E-state index is 0.124. The number of hydrogen-bond acceptors (Lipinski definition) is 3. The molecule has 2 N–H and O–H groups in total. The van der Waals surface area contributed by atoms with Gasteiger partial charge in [0.05, 0.1) is 5.75 Å². The number of sulfone groups is 1. The molecule has 0 aliphatic heterocycles. The first-order chi connectivity index (χ1) is 7.35. The van der Waals surface area contributed by atoms with Crippen LogP contribution in [-0.2, 0) is 9.84 Å². The van der Waals surface area contributed by atoms with E-state index in [1.165, 1.54) is 6.26 Å². The smallest absolute Gasteiger partial charge is 0.191 e. The van der Waals surface area contributed by atoms with E-state index < -0.39 is 9.84 Å². The van der Waals surface area contributed by atoms with Gasteiger partial charge in [0.25, 0.3) is 0 Å². The predicted octanol–water partition coefficient (Wildman–Crippen LogP) is 0.242. The highest BCUT2D eigenvalue weighted by Crippen LogP contribution is 1.91. The monoisotopic (exact) mass is 249 g/mol. The summed E-state index contributed by atoms with van der Waals surface area (Å²) in [7, 11) is -2.91. The molecule has 0 amide bonds. The van der Waals surface area contributed by atoms with Crippen molar-refractivity contribution in [1.82, 2.24) is 10.6 Å². The maximum absolute atomic E-state index is 10.9. The lowest BCUT2D eigenvalue weighted by Crippen LogP contribution is -2.39. The van der Waals surface area contributed by atoms with Crippen LogP contribution in [0.1, 0.15) is 20.8 Å². The van der Waals surface area contributed by atoms with Crippen molar-refractivity contribution < 1.29 is 8.42 Å². The molecular weight excluding hydrogens is 226 g/mol. The summed E-state index contributed by atoms with van der Waals surface area (Å²) in [6, 6.07) is 0. The molecule has 5 nitrogen and oxygen atoms in total. The molecule has 0 atom stereocenters. The largest absolute Gasteiger partial charge is 0.357 e. The quantitative estimate of drug-likeness (QED) is 0.523. The standard InChI is InChI=1S/C10H23N3O2S/c1-5-11-10(13-8-9(2)3)12-6-7-16(4,14)15/h9H,5-8H2,1-4H3,(H2,11,12,13). The molecule has 0 radical (unpaired) electrons. The predicted molar refractivity (Wildman–Crippen MR) is 68.5 cm³/mol. The van der Waals surface area contributed by atoms with Crippen LogP contribution in [0.3, 0.4) is 0 Å². The zero-order valence-corrected chi connectivity index (χ0v) is 11.4. The topological polar surface area (TPSA) is 70.6 Å². The Labute approximate surface area is 98.6 Å². The van der Waals surface area contributed by atoms with Crippen LogP contribution < -0.4 is 10.6 Å². The average molecular weight is 249 g/mol. The first kappa shape index (κ1) is 15.2. The molecule has 0 bridgehead atoms. The SMILES string of the molecule is CCNC(=NCC(C)C)NCCS(C)(=O)=O. The van der Waals surface area contributed by atoms with E-state index in [9.17, 15) is 8.42 Å². The normalized spacial score (nSPS) is 12.9. The van der Waals surface area contributed by atoms with Crippen molar-refractivity contribution in [2.24, 2.45) is 10.9 Å². The third kappa shape index (κ3) is 9.76. The summed E-state index contributed by atoms with van der Waals surface area (Å²) in [5.74, 6) is 1.30. The van der Waals surface area contributed by atoms with Gasteiger partial charge in [-0.25, -0.2) is 8.42 Å². The van der Waals surface area contributed by atoms with Crippen LogP contribution in [0, 0.1) is 5.92 Å². The van der Waals surface area contributed by atoms with Crippen molar-refractivity contribution in [3.8, 4) is 0 Å². The third-order valence-corrected chi connectivity index (χ3v) is 2.67. The Hall–Kier alpha value is -0.780. The lowest BCUT2D eigenvalue weighted by molar-refractivity contribution is 0.600. The van der Waals surface area contributed by atoms with Crippen LogP contribution >= 0.6 is 0 Å². The van der Waals surface area contributed by atoms with Crippen molar-refractivity contribution in [2.75, 3.05) is 31.6 Å². The number of aliphatic imine (C=N–C) groups is 1. The van der Waals surface area contributed by atoms with Crippen molar-refractivity contribution in [3.05, 3.63) is 0 Å². The van der Waals surface area contributed by atoms with Gasteiger partial charge >= 0.3 is 0 Å². The van der Waals surface area contributed by atoms with E-state index in [1.54, 1.807) is 0 Å². The molecule has 0 aromatic rings. The van der Waals surface area contributed by atoms with Gasteiger partial charge in [0.15, 0.2) is 5.96 Å². The van der Waals surface area contributed by atoms with Gasteiger partial charge in [-0.05, 0) is 12.8 Å². The molecule has 6 heteroatoms. The summed E-state index contributed by atoms with van der Waals surface area (Å²) in [6.07, 6.45) is 1.23. The van der Waals surface area contributed by atoms with Crippen LogP contribution in [0.25, 0.3) is 0 Å². The van der Waals surface area contributed by atoms with Gasteiger partial charge in [-0.2, -0.15) is 0 Å². The molecular formula is C10H23N3O2S. The molecule has 16 heavy (non-hydrogen) atoms. The van der Waals surface area contributed by atoms with Crippen LogP contribution in [-0.4, -0.2) is 46.0 Å². The number of hydrogen-bond donors (Lipinski definition) is 2. The minimum atomic E-state index is -2.91. The molecule has 0 rings (SSSR count). The summed E-state index contributed by atoms with van der Waals surface area (Å²) in [5.41, 5.74) is 0. The molecule has 0 heterocycles. The molecule has 0 saturated carbocycles. The van der Waals surface area contributed by atoms with Crippen LogP contribution in [0.2, 0.25) is 0 Å². The third-order valence-electron chi connectivity index (χ3n) is 1.72. The maximum Gasteiger partial charge on any atom is 0.191 e. The van der Waals surface area contributed by atoms with Crippen LogP contribution in [0.5, 0.6) is 0 Å². The molecule has 0 aliphatic rings. The van der Waals surface area contributed by atoms with Gasteiger partial charge < -0.3 is 10.6 Å². The fourth-order valence-electron chi connectivity index (χ4n) is 0.970. The van der Waals surface area contributed by atoms with Gasteiger partial charge in [0.1, 0.15) is 9.84 Å². The fraction of sp³-hybridized carbons (Fsp3) is 0.900. The first-order valence-corrected chi connectivity index (χ1v) is 7.61. The second-order valence-corrected chi connectivity index (χ2v) is 6.43. The second-order valence-electron chi connectivity index (χ2n) is 4.17. The maximum atomic E-state index is 10.9. The van der Waals surface area contributed by atoms with Crippen molar-refractivity contribution in [3.63, 3.8) is 0 Å². The molecule has 0 unspecified atom stereocenters. The Balaban J connectivity index is 4.08. The van der Waals surface area contributed by atoms with Crippen LogP contribution in [0.15, 0.2) is 4.99 Å². The summed E-state index contributed by atoms with van der Waals surface area (Å²) in [6.45, 7) is 8.04. The van der Waals surface area contributed by atoms with Gasteiger partial charge in [-0.3, -0.25) is 4.99 Å². The highest BCUT2D eigenvalue weighted by atomic mass is 32.2.